The second-order valence-electron chi connectivity index (χ2n) is 20.4. The highest BCUT2D eigenvalue weighted by atomic mass is 16.7. The molecule has 6 rings (SSSR count). The Bertz CT molecular complexity index is 1390. The summed E-state index contributed by atoms with van der Waals surface area (Å²) in [5, 5.41) is 21.7. The van der Waals surface area contributed by atoms with Crippen molar-refractivity contribution < 1.29 is 29.2 Å². The van der Waals surface area contributed by atoms with Crippen LogP contribution in [0.2, 0.25) is 0 Å². The van der Waals surface area contributed by atoms with Crippen LogP contribution in [-0.4, -0.2) is 36.6 Å². The smallest absolute Gasteiger partial charge is 0.183 e. The van der Waals surface area contributed by atoms with Crippen molar-refractivity contribution in [2.24, 2.45) is 23.7 Å². The first-order chi connectivity index (χ1) is 23.6. The van der Waals surface area contributed by atoms with Gasteiger partial charge in [0.05, 0.1) is 26.4 Å². The molecule has 0 aromatic heterocycles. The molecule has 0 spiro atoms. The molecule has 286 valence electrons. The summed E-state index contributed by atoms with van der Waals surface area (Å²) in [6.45, 7) is 28.7. The molecule has 6 heteroatoms. The maximum Gasteiger partial charge on any atom is 0.183 e. The summed E-state index contributed by atoms with van der Waals surface area (Å²) in [5.74, 6) is 3.67. The zero-order valence-electron chi connectivity index (χ0n) is 34.1. The van der Waals surface area contributed by atoms with Gasteiger partial charge < -0.3 is 29.2 Å². The first-order valence-corrected chi connectivity index (χ1v) is 19.8. The average Bonchev–Trinajstić information content (AvgIpc) is 3.82. The number of aromatic hydroxyl groups is 2. The van der Waals surface area contributed by atoms with E-state index < -0.39 is 0 Å². The molecule has 4 fully saturated rings. The number of rotatable bonds is 6. The van der Waals surface area contributed by atoms with Gasteiger partial charge in [-0.15, -0.1) is 0 Å². The highest BCUT2D eigenvalue weighted by Crippen LogP contribution is 2.45. The minimum absolute atomic E-state index is 0.136. The molecule has 2 N–H and O–H groups in total. The maximum atomic E-state index is 10.9. The van der Waals surface area contributed by atoms with Gasteiger partial charge in [-0.2, -0.15) is 0 Å². The molecule has 0 atom stereocenters. The fraction of sp³-hybridized carbons (Fsp3) is 0.733. The van der Waals surface area contributed by atoms with E-state index in [1.165, 1.54) is 44.9 Å². The van der Waals surface area contributed by atoms with Crippen molar-refractivity contribution in [2.45, 2.75) is 162 Å². The minimum Gasteiger partial charge on any atom is -0.507 e. The first-order valence-electron chi connectivity index (χ1n) is 19.8. The lowest BCUT2D eigenvalue weighted by molar-refractivity contribution is -0.208. The molecule has 2 saturated heterocycles. The van der Waals surface area contributed by atoms with Gasteiger partial charge in [0.2, 0.25) is 0 Å². The summed E-state index contributed by atoms with van der Waals surface area (Å²) in [6.07, 6.45) is 8.73. The fourth-order valence-electron chi connectivity index (χ4n) is 7.64. The molecule has 2 aliphatic heterocycles. The zero-order valence-corrected chi connectivity index (χ0v) is 34.1. The Hall–Kier alpha value is -2.12. The average molecular weight is 707 g/mol. The van der Waals surface area contributed by atoms with E-state index in [9.17, 15) is 10.2 Å². The van der Waals surface area contributed by atoms with Crippen LogP contribution in [0.15, 0.2) is 24.3 Å². The van der Waals surface area contributed by atoms with Crippen LogP contribution in [-0.2, 0) is 40.6 Å². The molecule has 0 amide bonds. The molecule has 6 nitrogen and oxygen atoms in total. The number of hydrogen-bond donors (Lipinski definition) is 2. The van der Waals surface area contributed by atoms with Crippen molar-refractivity contribution in [3.8, 4) is 11.5 Å². The fourth-order valence-corrected chi connectivity index (χ4v) is 7.64. The molecule has 0 unspecified atom stereocenters. The van der Waals surface area contributed by atoms with E-state index in [0.717, 1.165) is 71.6 Å². The Morgan fingerprint density at radius 2 is 0.725 bits per heavy atom. The molecule has 2 saturated carbocycles. The van der Waals surface area contributed by atoms with E-state index in [2.05, 4.69) is 107 Å². The van der Waals surface area contributed by atoms with Gasteiger partial charge in [-0.3, -0.25) is 0 Å². The Balaban J connectivity index is 0.000000198. The summed E-state index contributed by atoms with van der Waals surface area (Å²) in [6, 6.07) is 8.27. The van der Waals surface area contributed by atoms with E-state index >= 15 is 0 Å². The van der Waals surface area contributed by atoms with Crippen LogP contribution in [0.3, 0.4) is 0 Å². The Kier molecular flexibility index (Phi) is 12.0. The third kappa shape index (κ3) is 10.3. The molecule has 51 heavy (non-hydrogen) atoms. The summed E-state index contributed by atoms with van der Waals surface area (Å²) in [7, 11) is 0. The van der Waals surface area contributed by atoms with E-state index in [1.54, 1.807) is 0 Å². The van der Waals surface area contributed by atoms with E-state index in [0.29, 0.717) is 23.3 Å². The van der Waals surface area contributed by atoms with Crippen molar-refractivity contribution >= 4 is 0 Å². The quantitative estimate of drug-likeness (QED) is 0.311. The number of phenolic OH excluding ortho intramolecular Hbond substituents is 2. The summed E-state index contributed by atoms with van der Waals surface area (Å²) < 4.78 is 24.4. The van der Waals surface area contributed by atoms with Crippen LogP contribution in [0.5, 0.6) is 11.5 Å². The standard InChI is InChI=1S/C23H36O3.C22H34O3/c1-22(2,3)18-11-17(12-19(20(18)24)23(4,5)6)21-25-13-16(14-26-21)10-15-8-7-9-15;1-21(2,3)17-10-16(11-18(19(17)23)22(4,5)6)20-24-12-15(13-25-20)9-14-7-8-14/h11-12,15-16,21,24H,7-10,13-14H2,1-6H3;10-11,14-15,20,23H,7-9,12-13H2,1-6H3. The van der Waals surface area contributed by atoms with Gasteiger partial charge in [-0.05, 0) is 92.9 Å². The Labute approximate surface area is 310 Å². The topological polar surface area (TPSA) is 77.4 Å². The van der Waals surface area contributed by atoms with Crippen molar-refractivity contribution in [1.82, 2.24) is 0 Å². The molecule has 0 radical (unpaired) electrons. The highest BCUT2D eigenvalue weighted by Gasteiger charge is 2.34. The molecule has 2 aromatic carbocycles. The van der Waals surface area contributed by atoms with Crippen LogP contribution in [0, 0.1) is 23.7 Å². The summed E-state index contributed by atoms with van der Waals surface area (Å²) in [4.78, 5) is 0. The SMILES string of the molecule is CC(C)(C)c1cc(C2OCC(CC3CC3)CO2)cc(C(C)(C)C)c1O.CC(C)(C)c1cc(C2OCC(CC3CCC3)CO2)cc(C(C)(C)C)c1O. The lowest BCUT2D eigenvalue weighted by Crippen LogP contribution is -2.30. The molecular formula is C45H70O6. The van der Waals surface area contributed by atoms with Crippen molar-refractivity contribution in [1.29, 1.82) is 0 Å². The monoisotopic (exact) mass is 707 g/mol. The van der Waals surface area contributed by atoms with E-state index in [4.69, 9.17) is 18.9 Å². The molecular weight excluding hydrogens is 636 g/mol. The number of phenols is 2. The van der Waals surface area contributed by atoms with Crippen molar-refractivity contribution in [3.05, 3.63) is 57.6 Å². The third-order valence-electron chi connectivity index (χ3n) is 11.2. The van der Waals surface area contributed by atoms with Crippen LogP contribution in [0.1, 0.15) is 174 Å². The number of ether oxygens (including phenoxy) is 4. The number of benzene rings is 2. The number of hydrogen-bond acceptors (Lipinski definition) is 6. The summed E-state index contributed by atoms with van der Waals surface area (Å²) in [5.41, 5.74) is 5.35. The predicted molar refractivity (Wildman–Crippen MR) is 207 cm³/mol. The van der Waals surface area contributed by atoms with Gasteiger partial charge in [0.1, 0.15) is 11.5 Å². The molecule has 4 aliphatic rings. The van der Waals surface area contributed by atoms with E-state index in [-0.39, 0.29) is 34.2 Å². The zero-order chi connectivity index (χ0) is 37.5. The predicted octanol–water partition coefficient (Wildman–Crippen LogP) is 11.3. The lowest BCUT2D eigenvalue weighted by atomic mass is 9.78. The normalized spacial score (nSPS) is 25.2. The largest absolute Gasteiger partial charge is 0.507 e. The van der Waals surface area contributed by atoms with Gasteiger partial charge >= 0.3 is 0 Å². The molecule has 2 aliphatic carbocycles. The second-order valence-corrected chi connectivity index (χ2v) is 20.4. The van der Waals surface area contributed by atoms with Crippen LogP contribution in [0.4, 0.5) is 0 Å². The molecule has 2 heterocycles. The highest BCUT2D eigenvalue weighted by molar-refractivity contribution is 5.51. The van der Waals surface area contributed by atoms with Gasteiger partial charge in [-0.25, -0.2) is 0 Å². The van der Waals surface area contributed by atoms with Gasteiger partial charge in [0, 0.05) is 23.0 Å². The van der Waals surface area contributed by atoms with Gasteiger partial charge in [0.15, 0.2) is 12.6 Å². The lowest BCUT2D eigenvalue weighted by Gasteiger charge is -2.35. The third-order valence-corrected chi connectivity index (χ3v) is 11.2. The van der Waals surface area contributed by atoms with Crippen molar-refractivity contribution in [3.63, 3.8) is 0 Å². The van der Waals surface area contributed by atoms with Crippen molar-refractivity contribution in [2.75, 3.05) is 26.4 Å². The molecule has 0 bridgehead atoms. The minimum atomic E-state index is -0.324. The first kappa shape index (κ1) is 40.1. The maximum absolute atomic E-state index is 10.9. The van der Waals surface area contributed by atoms with E-state index in [1.807, 2.05) is 0 Å². The molecule has 2 aromatic rings. The second kappa shape index (κ2) is 15.3. The van der Waals surface area contributed by atoms with Crippen LogP contribution < -0.4 is 0 Å². The Morgan fingerprint density at radius 1 is 0.451 bits per heavy atom. The van der Waals surface area contributed by atoms with Gasteiger partial charge in [0.25, 0.3) is 0 Å². The van der Waals surface area contributed by atoms with Gasteiger partial charge in [-0.1, -0.05) is 115 Å². The Morgan fingerprint density at radius 3 is 0.941 bits per heavy atom. The summed E-state index contributed by atoms with van der Waals surface area (Å²) >= 11 is 0. The van der Waals surface area contributed by atoms with Crippen LogP contribution >= 0.6 is 0 Å². The van der Waals surface area contributed by atoms with Crippen LogP contribution in [0.25, 0.3) is 0 Å².